The van der Waals surface area contributed by atoms with Gasteiger partial charge in [0.2, 0.25) is 0 Å². The predicted molar refractivity (Wildman–Crippen MR) is 125 cm³/mol. The fourth-order valence-electron chi connectivity index (χ4n) is 4.47. The van der Waals surface area contributed by atoms with Crippen LogP contribution in [0.15, 0.2) is 61.2 Å². The highest BCUT2D eigenvalue weighted by Gasteiger charge is 2.34. The number of carbonyl (C=O) groups is 2. The highest BCUT2D eigenvalue weighted by Crippen LogP contribution is 2.39. The molecule has 0 saturated heterocycles. The topological polar surface area (TPSA) is 90.7 Å². The lowest BCUT2D eigenvalue weighted by molar-refractivity contribution is 0.0933. The second-order valence-electron chi connectivity index (χ2n) is 8.20. The molecule has 1 fully saturated rings. The van der Waals surface area contributed by atoms with E-state index in [-0.39, 0.29) is 17.9 Å². The molecule has 32 heavy (non-hydrogen) atoms. The maximum Gasteiger partial charge on any atom is 0.404 e. The molecule has 0 bridgehead atoms. The lowest BCUT2D eigenvalue weighted by Gasteiger charge is -2.38. The predicted octanol–water partition coefficient (Wildman–Crippen LogP) is 4.52. The van der Waals surface area contributed by atoms with E-state index in [2.05, 4.69) is 52.7 Å². The summed E-state index contributed by atoms with van der Waals surface area (Å²) in [7, 11) is 0. The van der Waals surface area contributed by atoms with Crippen molar-refractivity contribution in [2.24, 2.45) is 5.73 Å². The van der Waals surface area contributed by atoms with E-state index in [9.17, 15) is 9.59 Å². The van der Waals surface area contributed by atoms with Gasteiger partial charge in [-0.1, -0.05) is 74.4 Å². The Labute approximate surface area is 189 Å². The van der Waals surface area contributed by atoms with Gasteiger partial charge in [0.1, 0.15) is 12.4 Å². The summed E-state index contributed by atoms with van der Waals surface area (Å²) in [4.78, 5) is 22.5. The third-order valence-corrected chi connectivity index (χ3v) is 6.09. The molecule has 0 unspecified atom stereocenters. The summed E-state index contributed by atoms with van der Waals surface area (Å²) in [6.45, 7) is 4.86. The average Bonchev–Trinajstić information content (AvgIpc) is 3.32. The Morgan fingerprint density at radius 3 is 2.50 bits per heavy atom. The van der Waals surface area contributed by atoms with Gasteiger partial charge in [-0.05, 0) is 30.0 Å². The molecule has 2 amide bonds. The van der Waals surface area contributed by atoms with Gasteiger partial charge in [-0.2, -0.15) is 0 Å². The van der Waals surface area contributed by atoms with Crippen LogP contribution in [-0.2, 0) is 16.6 Å². The lowest BCUT2D eigenvalue weighted by atomic mass is 9.69. The summed E-state index contributed by atoms with van der Waals surface area (Å²) in [6, 6.07) is 16.6. The molecule has 2 aliphatic rings. The van der Waals surface area contributed by atoms with Crippen LogP contribution in [0.3, 0.4) is 0 Å². The molecule has 0 spiro atoms. The van der Waals surface area contributed by atoms with E-state index in [0.29, 0.717) is 18.7 Å². The Kier molecular flexibility index (Phi) is 8.31. The minimum atomic E-state index is -0.764. The molecule has 6 nitrogen and oxygen atoms in total. The van der Waals surface area contributed by atoms with Gasteiger partial charge in [0.25, 0.3) is 5.91 Å². The first-order valence-corrected chi connectivity index (χ1v) is 11.2. The van der Waals surface area contributed by atoms with Crippen LogP contribution < -0.4 is 15.8 Å². The Balaban J connectivity index is 0.000000360. The minimum absolute atomic E-state index is 0.0142. The number of hydrogen-bond acceptors (Lipinski definition) is 4. The highest BCUT2D eigenvalue weighted by atomic mass is 16.5. The van der Waals surface area contributed by atoms with Crippen molar-refractivity contribution < 1.29 is 19.1 Å². The standard InChI is InChI=1S/C22H25NO2.C4H7NO2/c24-21(19-11-7-8-17-12-15-25-20(17)19)23-16-22(13-5-2-6-14-22)18-9-3-1-4-10-18;1-2-3-7-4(5)6/h1,3-4,7-11H,2,5-6,12-16H2,(H,23,24);2H,1,3H2,(H2,5,6). The van der Waals surface area contributed by atoms with Gasteiger partial charge in [-0.15, -0.1) is 0 Å². The number of para-hydroxylation sites is 1. The summed E-state index contributed by atoms with van der Waals surface area (Å²) in [5.74, 6) is 0.761. The smallest absolute Gasteiger partial charge is 0.404 e. The van der Waals surface area contributed by atoms with E-state index >= 15 is 0 Å². The average molecular weight is 437 g/mol. The molecule has 2 aromatic carbocycles. The number of benzene rings is 2. The highest BCUT2D eigenvalue weighted by molar-refractivity contribution is 5.97. The number of primary amides is 1. The van der Waals surface area contributed by atoms with Gasteiger partial charge in [-0.3, -0.25) is 4.79 Å². The number of amides is 2. The molecular formula is C26H32N2O4. The van der Waals surface area contributed by atoms with Crippen LogP contribution in [-0.4, -0.2) is 31.8 Å². The molecule has 0 radical (unpaired) electrons. The Morgan fingerprint density at radius 1 is 1.09 bits per heavy atom. The molecule has 3 N–H and O–H groups in total. The van der Waals surface area contributed by atoms with Gasteiger partial charge in [0.15, 0.2) is 0 Å². The molecule has 1 saturated carbocycles. The van der Waals surface area contributed by atoms with E-state index in [1.54, 1.807) is 0 Å². The van der Waals surface area contributed by atoms with Crippen molar-refractivity contribution in [2.75, 3.05) is 19.8 Å². The molecule has 1 aliphatic heterocycles. The summed E-state index contributed by atoms with van der Waals surface area (Å²) >= 11 is 0. The fourth-order valence-corrected chi connectivity index (χ4v) is 4.47. The second-order valence-corrected chi connectivity index (χ2v) is 8.20. The second kappa shape index (κ2) is 11.4. The number of ether oxygens (including phenoxy) is 2. The lowest BCUT2D eigenvalue weighted by Crippen LogP contribution is -2.42. The maximum absolute atomic E-state index is 12.8. The van der Waals surface area contributed by atoms with Crippen LogP contribution in [0.5, 0.6) is 5.75 Å². The number of nitrogens with two attached hydrogens (primary N) is 1. The van der Waals surface area contributed by atoms with E-state index in [0.717, 1.165) is 30.6 Å². The molecule has 1 aliphatic carbocycles. The van der Waals surface area contributed by atoms with Crippen molar-refractivity contribution in [1.82, 2.24) is 5.32 Å². The van der Waals surface area contributed by atoms with Crippen LogP contribution in [0.2, 0.25) is 0 Å². The molecule has 0 aromatic heterocycles. The summed E-state index contributed by atoms with van der Waals surface area (Å²) in [5.41, 5.74) is 7.80. The number of hydrogen-bond donors (Lipinski definition) is 2. The normalized spacial score (nSPS) is 15.9. The van der Waals surface area contributed by atoms with Gasteiger partial charge in [0, 0.05) is 18.4 Å². The molecule has 2 aromatic rings. The first-order chi connectivity index (χ1) is 15.6. The molecular weight excluding hydrogens is 404 g/mol. The number of carbonyl (C=O) groups excluding carboxylic acids is 2. The van der Waals surface area contributed by atoms with Crippen molar-refractivity contribution in [2.45, 2.75) is 43.9 Å². The van der Waals surface area contributed by atoms with Gasteiger partial charge >= 0.3 is 6.09 Å². The Morgan fingerprint density at radius 2 is 1.84 bits per heavy atom. The maximum atomic E-state index is 12.8. The summed E-state index contributed by atoms with van der Waals surface area (Å²) < 4.78 is 9.90. The monoisotopic (exact) mass is 436 g/mol. The van der Waals surface area contributed by atoms with Crippen LogP contribution in [0.1, 0.15) is 53.6 Å². The molecule has 0 atom stereocenters. The third-order valence-electron chi connectivity index (χ3n) is 6.09. The van der Waals surface area contributed by atoms with Crippen molar-refractivity contribution in [3.05, 3.63) is 77.9 Å². The van der Waals surface area contributed by atoms with Crippen LogP contribution in [0.4, 0.5) is 4.79 Å². The van der Waals surface area contributed by atoms with Crippen molar-refractivity contribution in [1.29, 1.82) is 0 Å². The molecule has 170 valence electrons. The zero-order valence-electron chi connectivity index (χ0n) is 18.5. The summed E-state index contributed by atoms with van der Waals surface area (Å²) in [5, 5.41) is 3.22. The first-order valence-electron chi connectivity index (χ1n) is 11.2. The van der Waals surface area contributed by atoms with E-state index in [4.69, 9.17) is 4.74 Å². The van der Waals surface area contributed by atoms with Gasteiger partial charge in [-0.25, -0.2) is 4.79 Å². The molecule has 4 rings (SSSR count). The van der Waals surface area contributed by atoms with Crippen molar-refractivity contribution in [3.63, 3.8) is 0 Å². The fraction of sp³-hybridized carbons (Fsp3) is 0.385. The third kappa shape index (κ3) is 5.90. The minimum Gasteiger partial charge on any atom is -0.492 e. The van der Waals surface area contributed by atoms with Gasteiger partial charge < -0.3 is 20.5 Å². The first kappa shape index (κ1) is 23.4. The van der Waals surface area contributed by atoms with Crippen LogP contribution in [0, 0.1) is 0 Å². The number of nitrogens with one attached hydrogen (secondary N) is 1. The number of fused-ring (bicyclic) bond motifs is 1. The largest absolute Gasteiger partial charge is 0.492 e. The quantitative estimate of drug-likeness (QED) is 0.652. The molecule has 6 heteroatoms. The summed E-state index contributed by atoms with van der Waals surface area (Å²) in [6.07, 6.45) is 7.61. The van der Waals surface area contributed by atoms with E-state index < -0.39 is 6.09 Å². The van der Waals surface area contributed by atoms with E-state index in [1.165, 1.54) is 30.9 Å². The Hall–Kier alpha value is -3.28. The zero-order chi connectivity index (χ0) is 22.8. The van der Waals surface area contributed by atoms with Crippen LogP contribution in [0.25, 0.3) is 0 Å². The van der Waals surface area contributed by atoms with Crippen molar-refractivity contribution >= 4 is 12.0 Å². The number of rotatable bonds is 6. The van der Waals surface area contributed by atoms with Crippen molar-refractivity contribution in [3.8, 4) is 5.75 Å². The van der Waals surface area contributed by atoms with Crippen LogP contribution >= 0.6 is 0 Å². The SMILES string of the molecule is C=CCOC(N)=O.O=C(NCC1(c2ccccc2)CCCCC1)c1cccc2c1OCC2. The van der Waals surface area contributed by atoms with E-state index in [1.807, 2.05) is 18.2 Å². The van der Waals surface area contributed by atoms with Gasteiger partial charge in [0.05, 0.1) is 12.2 Å². The molecule has 1 heterocycles. The zero-order valence-corrected chi connectivity index (χ0v) is 18.5. The Bertz CT molecular complexity index is 921.